The molecule has 0 amide bonds. The number of carbonyl (C=O) groups excluding carboxylic acids is 1. The van der Waals surface area contributed by atoms with Gasteiger partial charge in [-0.15, -0.1) is 0 Å². The molecule has 14 heavy (non-hydrogen) atoms. The Labute approximate surface area is 83.1 Å². The molecule has 1 N–H and O–H groups in total. The van der Waals surface area contributed by atoms with Crippen molar-refractivity contribution >= 4 is 6.29 Å². The van der Waals surface area contributed by atoms with Crippen LogP contribution in [0.3, 0.4) is 0 Å². The van der Waals surface area contributed by atoms with Crippen LogP contribution in [-0.2, 0) is 13.0 Å². The molecule has 74 valence electrons. The highest BCUT2D eigenvalue weighted by Crippen LogP contribution is 2.25. The Morgan fingerprint density at radius 1 is 1.50 bits per heavy atom. The normalized spacial score (nSPS) is 14.6. The first-order valence-corrected chi connectivity index (χ1v) is 4.71. The van der Waals surface area contributed by atoms with E-state index in [-0.39, 0.29) is 0 Å². The Hall–Kier alpha value is -1.35. The Morgan fingerprint density at radius 2 is 2.36 bits per heavy atom. The van der Waals surface area contributed by atoms with Crippen LogP contribution in [0.15, 0.2) is 12.1 Å². The Morgan fingerprint density at radius 3 is 3.07 bits per heavy atom. The highest BCUT2D eigenvalue weighted by molar-refractivity contribution is 5.82. The van der Waals surface area contributed by atoms with Gasteiger partial charge in [0, 0.05) is 6.54 Å². The largest absolute Gasteiger partial charge is 0.496 e. The third-order valence-electron chi connectivity index (χ3n) is 2.62. The minimum Gasteiger partial charge on any atom is -0.496 e. The average Bonchev–Trinajstić information content (AvgIpc) is 2.27. The summed E-state index contributed by atoms with van der Waals surface area (Å²) in [6.45, 7) is 1.75. The van der Waals surface area contributed by atoms with Crippen molar-refractivity contribution in [3.8, 4) is 5.75 Å². The maximum atomic E-state index is 11.0. The lowest BCUT2D eigenvalue weighted by Crippen LogP contribution is -2.25. The molecule has 0 radical (unpaired) electrons. The molecule has 0 spiro atoms. The van der Waals surface area contributed by atoms with Crippen molar-refractivity contribution in [2.24, 2.45) is 0 Å². The van der Waals surface area contributed by atoms with Crippen LogP contribution in [0.4, 0.5) is 0 Å². The number of benzene rings is 1. The summed E-state index contributed by atoms with van der Waals surface area (Å²) >= 11 is 0. The number of hydrogen-bond donors (Lipinski definition) is 1. The van der Waals surface area contributed by atoms with Crippen molar-refractivity contribution in [3.05, 3.63) is 28.8 Å². The summed E-state index contributed by atoms with van der Waals surface area (Å²) in [5.41, 5.74) is 3.04. The summed E-state index contributed by atoms with van der Waals surface area (Å²) < 4.78 is 5.14. The van der Waals surface area contributed by atoms with Crippen LogP contribution in [0.1, 0.15) is 21.5 Å². The summed E-state index contributed by atoms with van der Waals surface area (Å²) in [6, 6.07) is 3.91. The molecule has 0 aliphatic carbocycles. The van der Waals surface area contributed by atoms with E-state index in [0.717, 1.165) is 31.4 Å². The van der Waals surface area contributed by atoms with E-state index in [1.807, 2.05) is 12.1 Å². The van der Waals surface area contributed by atoms with E-state index >= 15 is 0 Å². The van der Waals surface area contributed by atoms with E-state index < -0.39 is 0 Å². The van der Waals surface area contributed by atoms with Gasteiger partial charge in [0.05, 0.1) is 12.7 Å². The maximum absolute atomic E-state index is 11.0. The van der Waals surface area contributed by atoms with Gasteiger partial charge in [0.25, 0.3) is 0 Å². The highest BCUT2D eigenvalue weighted by Gasteiger charge is 2.15. The summed E-state index contributed by atoms with van der Waals surface area (Å²) in [6.07, 6.45) is 1.87. The number of ether oxygens (including phenoxy) is 1. The van der Waals surface area contributed by atoms with Gasteiger partial charge in [-0.3, -0.25) is 4.79 Å². The van der Waals surface area contributed by atoms with Crippen molar-refractivity contribution < 1.29 is 9.53 Å². The fraction of sp³-hybridized carbons (Fsp3) is 0.364. The predicted molar refractivity (Wildman–Crippen MR) is 53.8 cm³/mol. The zero-order chi connectivity index (χ0) is 9.97. The molecule has 1 aliphatic rings. The average molecular weight is 191 g/mol. The van der Waals surface area contributed by atoms with Crippen LogP contribution in [0.5, 0.6) is 5.75 Å². The van der Waals surface area contributed by atoms with Gasteiger partial charge < -0.3 is 10.1 Å². The first-order valence-electron chi connectivity index (χ1n) is 4.71. The van der Waals surface area contributed by atoms with E-state index in [1.54, 1.807) is 7.11 Å². The number of nitrogens with one attached hydrogen (secondary N) is 1. The predicted octanol–water partition coefficient (Wildman–Crippen LogP) is 1.15. The van der Waals surface area contributed by atoms with Gasteiger partial charge in [-0.1, -0.05) is 6.07 Å². The quantitative estimate of drug-likeness (QED) is 0.713. The van der Waals surface area contributed by atoms with E-state index in [1.165, 1.54) is 5.56 Å². The monoisotopic (exact) mass is 191 g/mol. The van der Waals surface area contributed by atoms with Crippen molar-refractivity contribution in [1.29, 1.82) is 0 Å². The lowest BCUT2D eigenvalue weighted by molar-refractivity contribution is 0.111. The van der Waals surface area contributed by atoms with E-state index in [4.69, 9.17) is 4.74 Å². The van der Waals surface area contributed by atoms with Crippen molar-refractivity contribution in [1.82, 2.24) is 5.32 Å². The molecule has 2 rings (SSSR count). The highest BCUT2D eigenvalue weighted by atomic mass is 16.5. The first kappa shape index (κ1) is 9.21. The summed E-state index contributed by atoms with van der Waals surface area (Å²) in [7, 11) is 1.59. The van der Waals surface area contributed by atoms with Crippen LogP contribution in [0.2, 0.25) is 0 Å². The minimum atomic E-state index is 0.669. The molecule has 1 aromatic carbocycles. The van der Waals surface area contributed by atoms with Crippen molar-refractivity contribution in [2.45, 2.75) is 13.0 Å². The molecular weight excluding hydrogens is 178 g/mol. The molecule has 3 heteroatoms. The Bertz CT molecular complexity index is 361. The van der Waals surface area contributed by atoms with Crippen LogP contribution >= 0.6 is 0 Å². The molecular formula is C11H13NO2. The summed E-state index contributed by atoms with van der Waals surface area (Å²) in [4.78, 5) is 11.0. The van der Waals surface area contributed by atoms with Gasteiger partial charge in [-0.2, -0.15) is 0 Å². The smallest absolute Gasteiger partial charge is 0.154 e. The van der Waals surface area contributed by atoms with Gasteiger partial charge in [-0.25, -0.2) is 0 Å². The van der Waals surface area contributed by atoms with Crippen molar-refractivity contribution in [2.75, 3.05) is 13.7 Å². The lowest BCUT2D eigenvalue weighted by Gasteiger charge is -2.19. The number of aldehydes is 1. The molecule has 0 saturated carbocycles. The minimum absolute atomic E-state index is 0.669. The number of hydrogen-bond acceptors (Lipinski definition) is 3. The third-order valence-corrected chi connectivity index (χ3v) is 2.62. The molecule has 3 nitrogen and oxygen atoms in total. The molecule has 0 aromatic heterocycles. The van der Waals surface area contributed by atoms with E-state index in [0.29, 0.717) is 11.3 Å². The van der Waals surface area contributed by atoms with Crippen LogP contribution in [0, 0.1) is 0 Å². The number of rotatable bonds is 2. The molecule has 1 heterocycles. The zero-order valence-electron chi connectivity index (χ0n) is 8.17. The van der Waals surface area contributed by atoms with Gasteiger partial charge in [0.1, 0.15) is 5.75 Å². The van der Waals surface area contributed by atoms with E-state index in [2.05, 4.69) is 5.32 Å². The van der Waals surface area contributed by atoms with Gasteiger partial charge >= 0.3 is 0 Å². The fourth-order valence-electron chi connectivity index (χ4n) is 1.87. The van der Waals surface area contributed by atoms with Gasteiger partial charge in [-0.05, 0) is 30.2 Å². The maximum Gasteiger partial charge on any atom is 0.154 e. The number of carbonyl (C=O) groups is 1. The SMILES string of the molecule is COc1ccc2c(c1C=O)CNCC2. The van der Waals surface area contributed by atoms with Gasteiger partial charge in [0.15, 0.2) is 6.29 Å². The second-order valence-corrected chi connectivity index (χ2v) is 3.36. The number of fused-ring (bicyclic) bond motifs is 1. The van der Waals surface area contributed by atoms with Crippen molar-refractivity contribution in [3.63, 3.8) is 0 Å². The molecule has 0 atom stereocenters. The summed E-state index contributed by atoms with van der Waals surface area (Å²) in [5.74, 6) is 0.669. The van der Waals surface area contributed by atoms with Crippen LogP contribution in [0.25, 0.3) is 0 Å². The molecule has 0 unspecified atom stereocenters. The van der Waals surface area contributed by atoms with Gasteiger partial charge in [0.2, 0.25) is 0 Å². The lowest BCUT2D eigenvalue weighted by atomic mass is 9.96. The Kier molecular flexibility index (Phi) is 2.50. The molecule has 0 fully saturated rings. The molecule has 0 bridgehead atoms. The standard InChI is InChI=1S/C11H13NO2/c1-14-11-3-2-8-4-5-12-6-9(8)10(11)7-13/h2-3,7,12H,4-6H2,1H3. The second-order valence-electron chi connectivity index (χ2n) is 3.36. The summed E-state index contributed by atoms with van der Waals surface area (Å²) in [5, 5.41) is 3.25. The zero-order valence-corrected chi connectivity index (χ0v) is 8.17. The Balaban J connectivity index is 2.55. The fourth-order valence-corrected chi connectivity index (χ4v) is 1.87. The molecule has 1 aromatic rings. The van der Waals surface area contributed by atoms with Crippen LogP contribution in [-0.4, -0.2) is 19.9 Å². The van der Waals surface area contributed by atoms with Crippen LogP contribution < -0.4 is 10.1 Å². The number of methoxy groups -OCH3 is 1. The van der Waals surface area contributed by atoms with E-state index in [9.17, 15) is 4.79 Å². The first-order chi connectivity index (χ1) is 6.86. The topological polar surface area (TPSA) is 38.3 Å². The second kappa shape index (κ2) is 3.80. The molecule has 0 saturated heterocycles. The third kappa shape index (κ3) is 1.40. The molecule has 1 aliphatic heterocycles.